The SMILES string of the molecule is NC(=O)C1Sc2c(cc(C(F)(F)F)cc2[N+](=O)[O-])N1O. The van der Waals surface area contributed by atoms with Gasteiger partial charge in [-0.25, -0.2) is 5.06 Å². The maximum absolute atomic E-state index is 12.7. The van der Waals surface area contributed by atoms with E-state index in [0.717, 1.165) is 0 Å². The summed E-state index contributed by atoms with van der Waals surface area (Å²) in [4.78, 5) is 20.6. The summed E-state index contributed by atoms with van der Waals surface area (Å²) < 4.78 is 38.0. The van der Waals surface area contributed by atoms with Crippen molar-refractivity contribution in [3.8, 4) is 0 Å². The number of nitro groups is 1. The Bertz CT molecular complexity index is 607. The highest BCUT2D eigenvalue weighted by Gasteiger charge is 2.42. The number of rotatable bonds is 2. The minimum absolute atomic E-state index is 0.199. The topological polar surface area (TPSA) is 110 Å². The minimum atomic E-state index is -4.82. The van der Waals surface area contributed by atoms with E-state index < -0.39 is 39.3 Å². The van der Waals surface area contributed by atoms with Gasteiger partial charge in [-0.2, -0.15) is 13.2 Å². The van der Waals surface area contributed by atoms with E-state index in [1.54, 1.807) is 0 Å². The molecule has 0 saturated heterocycles. The number of anilines is 1. The number of primary amides is 1. The molecule has 1 heterocycles. The summed E-state index contributed by atoms with van der Waals surface area (Å²) in [7, 11) is 0. The van der Waals surface area contributed by atoms with E-state index in [1.807, 2.05) is 0 Å². The summed E-state index contributed by atoms with van der Waals surface area (Å²) in [6.45, 7) is 0. The van der Waals surface area contributed by atoms with Gasteiger partial charge in [0, 0.05) is 6.07 Å². The molecule has 1 aliphatic heterocycles. The van der Waals surface area contributed by atoms with Crippen molar-refractivity contribution >= 4 is 29.0 Å². The van der Waals surface area contributed by atoms with Gasteiger partial charge in [0.1, 0.15) is 4.90 Å². The highest BCUT2D eigenvalue weighted by atomic mass is 32.2. The highest BCUT2D eigenvalue weighted by Crippen LogP contribution is 2.49. The maximum Gasteiger partial charge on any atom is 0.416 e. The number of nitro benzene ring substituents is 1. The van der Waals surface area contributed by atoms with E-state index in [1.165, 1.54) is 0 Å². The molecule has 0 spiro atoms. The lowest BCUT2D eigenvalue weighted by Gasteiger charge is -2.16. The first kappa shape index (κ1) is 14.4. The fraction of sp³-hybridized carbons (Fsp3) is 0.222. The Hall–Kier alpha value is -2.01. The van der Waals surface area contributed by atoms with E-state index in [-0.39, 0.29) is 9.96 Å². The first-order valence-corrected chi connectivity index (χ1v) is 5.84. The molecule has 1 aliphatic rings. The zero-order valence-electron chi connectivity index (χ0n) is 9.42. The molecule has 108 valence electrons. The average molecular weight is 309 g/mol. The van der Waals surface area contributed by atoms with Crippen LogP contribution in [-0.2, 0) is 11.0 Å². The third kappa shape index (κ3) is 2.25. The van der Waals surface area contributed by atoms with Crippen LogP contribution in [-0.4, -0.2) is 21.4 Å². The van der Waals surface area contributed by atoms with Crippen LogP contribution in [0.5, 0.6) is 0 Å². The average Bonchev–Trinajstić information content (AvgIpc) is 2.64. The molecular formula is C9H6F3N3O4S. The first-order chi connectivity index (χ1) is 9.12. The minimum Gasteiger partial charge on any atom is -0.367 e. The van der Waals surface area contributed by atoms with Gasteiger partial charge in [0.05, 0.1) is 16.2 Å². The number of carbonyl (C=O) groups excluding carboxylic acids is 1. The van der Waals surface area contributed by atoms with Crippen LogP contribution in [0, 0.1) is 10.1 Å². The Balaban J connectivity index is 2.64. The Labute approximate surface area is 113 Å². The van der Waals surface area contributed by atoms with E-state index >= 15 is 0 Å². The van der Waals surface area contributed by atoms with Gasteiger partial charge < -0.3 is 5.73 Å². The monoisotopic (exact) mass is 309 g/mol. The van der Waals surface area contributed by atoms with E-state index in [0.29, 0.717) is 23.9 Å². The van der Waals surface area contributed by atoms with Crippen molar-refractivity contribution in [1.29, 1.82) is 0 Å². The number of carbonyl (C=O) groups is 1. The van der Waals surface area contributed by atoms with Crippen LogP contribution < -0.4 is 10.8 Å². The van der Waals surface area contributed by atoms with Crippen molar-refractivity contribution in [3.05, 3.63) is 27.8 Å². The van der Waals surface area contributed by atoms with Crippen LogP contribution in [0.1, 0.15) is 5.56 Å². The number of alkyl halides is 3. The molecule has 0 bridgehead atoms. The third-order valence-corrected chi connectivity index (χ3v) is 3.82. The van der Waals surface area contributed by atoms with E-state index in [9.17, 15) is 33.3 Å². The fourth-order valence-corrected chi connectivity index (χ4v) is 2.74. The van der Waals surface area contributed by atoms with Crippen LogP contribution in [0.15, 0.2) is 17.0 Å². The van der Waals surface area contributed by atoms with Gasteiger partial charge in [0.2, 0.25) is 0 Å². The standard InChI is InChI=1S/C9H6F3N3O4S/c10-9(11,12)3-1-4-6(5(2-3)15(18)19)20-8(7(13)16)14(4)17/h1-2,8,17H,(H2,13,16). The smallest absolute Gasteiger partial charge is 0.367 e. The number of amides is 1. The molecule has 20 heavy (non-hydrogen) atoms. The largest absolute Gasteiger partial charge is 0.416 e. The lowest BCUT2D eigenvalue weighted by Crippen LogP contribution is -2.37. The second-order valence-electron chi connectivity index (χ2n) is 3.82. The third-order valence-electron chi connectivity index (χ3n) is 2.52. The second-order valence-corrected chi connectivity index (χ2v) is 4.91. The molecule has 2 rings (SSSR count). The Morgan fingerprint density at radius 1 is 1.50 bits per heavy atom. The lowest BCUT2D eigenvalue weighted by atomic mass is 10.1. The van der Waals surface area contributed by atoms with Crippen molar-refractivity contribution in [2.24, 2.45) is 5.73 Å². The number of fused-ring (bicyclic) bond motifs is 1. The Morgan fingerprint density at radius 2 is 2.10 bits per heavy atom. The predicted molar refractivity (Wildman–Crippen MR) is 61.2 cm³/mol. The van der Waals surface area contributed by atoms with Crippen LogP contribution >= 0.6 is 11.8 Å². The van der Waals surface area contributed by atoms with Crippen molar-refractivity contribution in [2.45, 2.75) is 16.4 Å². The number of halogens is 3. The molecule has 0 fully saturated rings. The first-order valence-electron chi connectivity index (χ1n) is 4.96. The number of nitrogens with two attached hydrogens (primary N) is 1. The molecule has 3 N–H and O–H groups in total. The van der Waals surface area contributed by atoms with Crippen molar-refractivity contribution in [1.82, 2.24) is 0 Å². The fourth-order valence-electron chi connectivity index (χ4n) is 1.66. The quantitative estimate of drug-likeness (QED) is 0.636. The van der Waals surface area contributed by atoms with Gasteiger partial charge in [-0.05, 0) is 6.07 Å². The number of hydrogen-bond acceptors (Lipinski definition) is 6. The molecule has 1 unspecified atom stereocenters. The van der Waals surface area contributed by atoms with Gasteiger partial charge in [-0.15, -0.1) is 0 Å². The summed E-state index contributed by atoms with van der Waals surface area (Å²) in [5.41, 5.74) is 2.35. The summed E-state index contributed by atoms with van der Waals surface area (Å²) in [6.07, 6.45) is -4.82. The summed E-state index contributed by atoms with van der Waals surface area (Å²) in [6, 6.07) is 0.876. The van der Waals surface area contributed by atoms with E-state index in [4.69, 9.17) is 5.73 Å². The van der Waals surface area contributed by atoms with Gasteiger partial charge >= 0.3 is 6.18 Å². The molecule has 0 aliphatic carbocycles. The summed E-state index contributed by atoms with van der Waals surface area (Å²) in [5.74, 6) is -1.03. The highest BCUT2D eigenvalue weighted by molar-refractivity contribution is 8.01. The number of hydrogen-bond donors (Lipinski definition) is 2. The van der Waals surface area contributed by atoms with Crippen LogP contribution in [0.3, 0.4) is 0 Å². The number of hydroxylamine groups is 1. The molecule has 1 aromatic carbocycles. The molecular weight excluding hydrogens is 303 g/mol. The van der Waals surface area contributed by atoms with Gasteiger partial charge in [-0.1, -0.05) is 11.8 Å². The molecule has 1 atom stereocenters. The molecule has 0 radical (unpaired) electrons. The van der Waals surface area contributed by atoms with Gasteiger partial charge in [-0.3, -0.25) is 20.1 Å². The van der Waals surface area contributed by atoms with Crippen LogP contribution in [0.25, 0.3) is 0 Å². The second kappa shape index (κ2) is 4.52. The summed E-state index contributed by atoms with van der Waals surface area (Å²) in [5, 5.41) is 19.3. The zero-order chi connectivity index (χ0) is 15.2. The van der Waals surface area contributed by atoms with Gasteiger partial charge in [0.15, 0.2) is 5.37 Å². The number of nitrogens with zero attached hydrogens (tertiary/aromatic N) is 2. The molecule has 11 heteroatoms. The van der Waals surface area contributed by atoms with E-state index in [2.05, 4.69) is 0 Å². The van der Waals surface area contributed by atoms with Crippen molar-refractivity contribution in [2.75, 3.05) is 5.06 Å². The Kier molecular flexibility index (Phi) is 3.26. The molecule has 0 saturated carbocycles. The van der Waals surface area contributed by atoms with Crippen LogP contribution in [0.2, 0.25) is 0 Å². The van der Waals surface area contributed by atoms with Gasteiger partial charge in [0.25, 0.3) is 11.6 Å². The molecule has 1 aromatic rings. The lowest BCUT2D eigenvalue weighted by molar-refractivity contribution is -0.387. The normalized spacial score (nSPS) is 18.0. The molecule has 1 amide bonds. The number of thioether (sulfide) groups is 1. The predicted octanol–water partition coefficient (Wildman–Crippen LogP) is 1.73. The zero-order valence-corrected chi connectivity index (χ0v) is 10.2. The summed E-state index contributed by atoms with van der Waals surface area (Å²) >= 11 is 0.519. The number of benzene rings is 1. The van der Waals surface area contributed by atoms with Crippen LogP contribution in [0.4, 0.5) is 24.5 Å². The molecule has 0 aromatic heterocycles. The maximum atomic E-state index is 12.7. The van der Waals surface area contributed by atoms with Crippen molar-refractivity contribution in [3.63, 3.8) is 0 Å². The molecule has 7 nitrogen and oxygen atoms in total. The Morgan fingerprint density at radius 3 is 2.55 bits per heavy atom. The van der Waals surface area contributed by atoms with Crippen molar-refractivity contribution < 1.29 is 28.1 Å².